The largest absolute Gasteiger partial charge is 0.356 e. The minimum absolute atomic E-state index is 0.0268. The molecule has 2 rings (SSSR count). The highest BCUT2D eigenvalue weighted by molar-refractivity contribution is 5.55. The lowest BCUT2D eigenvalue weighted by molar-refractivity contribution is 0.00359. The number of alkyl halides is 2. The number of hydrogen-bond donors (Lipinski definition) is 1. The summed E-state index contributed by atoms with van der Waals surface area (Å²) in [6, 6.07) is 0. The second-order valence-corrected chi connectivity index (χ2v) is 3.76. The lowest BCUT2D eigenvalue weighted by Gasteiger charge is -2.17. The van der Waals surface area contributed by atoms with E-state index >= 15 is 0 Å². The highest BCUT2D eigenvalue weighted by Crippen LogP contribution is 2.39. The highest BCUT2D eigenvalue weighted by Gasteiger charge is 2.39. The molecule has 0 amide bonds. The summed E-state index contributed by atoms with van der Waals surface area (Å²) >= 11 is 0. The van der Waals surface area contributed by atoms with Crippen molar-refractivity contribution in [2.24, 2.45) is 11.0 Å². The number of nitrogens with one attached hydrogen (secondary N) is 1. The van der Waals surface area contributed by atoms with Gasteiger partial charge in [-0.25, -0.2) is 8.78 Å². The number of nitrogens with zero attached hydrogens (tertiary/aromatic N) is 2. The van der Waals surface area contributed by atoms with Crippen molar-refractivity contribution in [1.82, 2.24) is 10.3 Å². The summed E-state index contributed by atoms with van der Waals surface area (Å²) in [6.45, 7) is 1.31. The van der Waals surface area contributed by atoms with Crippen LogP contribution in [-0.4, -0.2) is 30.5 Å². The van der Waals surface area contributed by atoms with Crippen LogP contribution in [0.2, 0.25) is 0 Å². The Kier molecular flexibility index (Phi) is 2.09. The van der Waals surface area contributed by atoms with Crippen molar-refractivity contribution in [3.8, 4) is 0 Å². The monoisotopic (exact) mass is 189 g/mol. The average Bonchev–Trinajstić information content (AvgIpc) is 2.61. The zero-order chi connectivity index (χ0) is 9.31. The molecule has 1 N–H and O–H groups in total. The fourth-order valence-electron chi connectivity index (χ4n) is 1.92. The number of halogens is 2. The van der Waals surface area contributed by atoms with E-state index in [4.69, 9.17) is 0 Å². The third-order valence-electron chi connectivity index (χ3n) is 2.56. The van der Waals surface area contributed by atoms with Crippen LogP contribution in [0.25, 0.3) is 0 Å². The third kappa shape index (κ3) is 2.08. The van der Waals surface area contributed by atoms with Crippen LogP contribution in [0.3, 0.4) is 0 Å². The quantitative estimate of drug-likeness (QED) is 0.707. The van der Waals surface area contributed by atoms with Gasteiger partial charge in [0.2, 0.25) is 5.92 Å². The highest BCUT2D eigenvalue weighted by atomic mass is 19.3. The van der Waals surface area contributed by atoms with Crippen LogP contribution in [0.4, 0.5) is 8.78 Å². The molecule has 5 heteroatoms. The predicted octanol–water partition coefficient (Wildman–Crippen LogP) is 1.23. The Morgan fingerprint density at radius 3 is 3.00 bits per heavy atom. The molecule has 3 nitrogen and oxygen atoms in total. The zero-order valence-electron chi connectivity index (χ0n) is 7.34. The lowest BCUT2D eigenvalue weighted by atomic mass is 10.1. The van der Waals surface area contributed by atoms with Gasteiger partial charge in [0.1, 0.15) is 13.0 Å². The molecule has 1 fully saturated rings. The van der Waals surface area contributed by atoms with Crippen molar-refractivity contribution in [3.63, 3.8) is 0 Å². The molecular formula is C8H13F2N3. The number of hydrogen-bond acceptors (Lipinski definition) is 3. The Bertz CT molecular complexity index is 217. The first-order valence-corrected chi connectivity index (χ1v) is 4.54. The summed E-state index contributed by atoms with van der Waals surface area (Å²) in [5, 5.41) is 8.71. The van der Waals surface area contributed by atoms with E-state index in [-0.39, 0.29) is 18.8 Å². The fourth-order valence-corrected chi connectivity index (χ4v) is 1.92. The van der Waals surface area contributed by atoms with Crippen LogP contribution in [-0.2, 0) is 0 Å². The molecule has 74 valence electrons. The molecule has 1 heterocycles. The molecule has 0 spiro atoms. The van der Waals surface area contributed by atoms with E-state index in [2.05, 4.69) is 10.4 Å². The summed E-state index contributed by atoms with van der Waals surface area (Å²) in [6.07, 6.45) is 2.30. The Morgan fingerprint density at radius 1 is 1.62 bits per heavy atom. The molecule has 0 aromatic heterocycles. The van der Waals surface area contributed by atoms with E-state index in [9.17, 15) is 8.78 Å². The van der Waals surface area contributed by atoms with Gasteiger partial charge in [0.05, 0.1) is 0 Å². The van der Waals surface area contributed by atoms with Crippen LogP contribution >= 0.6 is 0 Å². The molecule has 0 aromatic rings. The number of hydrazone groups is 1. The second-order valence-electron chi connectivity index (χ2n) is 3.76. The first kappa shape index (κ1) is 8.72. The van der Waals surface area contributed by atoms with Gasteiger partial charge in [0.25, 0.3) is 0 Å². The maximum atomic E-state index is 12.8. The van der Waals surface area contributed by atoms with Crippen LogP contribution in [0.1, 0.15) is 19.3 Å². The van der Waals surface area contributed by atoms with Gasteiger partial charge < -0.3 is 5.32 Å². The van der Waals surface area contributed by atoms with Crippen LogP contribution < -0.4 is 5.32 Å². The lowest BCUT2D eigenvalue weighted by Crippen LogP contribution is -2.26. The van der Waals surface area contributed by atoms with Gasteiger partial charge in [-0.05, 0) is 12.3 Å². The molecule has 13 heavy (non-hydrogen) atoms. The van der Waals surface area contributed by atoms with E-state index in [0.29, 0.717) is 19.6 Å². The molecule has 0 radical (unpaired) electrons. The van der Waals surface area contributed by atoms with Crippen molar-refractivity contribution in [2.75, 3.05) is 13.2 Å². The number of rotatable bonds is 2. The van der Waals surface area contributed by atoms with E-state index in [1.54, 1.807) is 11.3 Å². The minimum atomic E-state index is -2.43. The summed E-state index contributed by atoms with van der Waals surface area (Å²) in [7, 11) is 0. The van der Waals surface area contributed by atoms with Gasteiger partial charge in [-0.1, -0.05) is 0 Å². The van der Waals surface area contributed by atoms with Crippen molar-refractivity contribution < 1.29 is 8.78 Å². The van der Waals surface area contributed by atoms with E-state index < -0.39 is 5.92 Å². The smallest absolute Gasteiger partial charge is 0.248 e. The summed E-state index contributed by atoms with van der Waals surface area (Å²) in [5.74, 6) is -2.33. The molecule has 2 aliphatic rings. The summed E-state index contributed by atoms with van der Waals surface area (Å²) < 4.78 is 25.6. The van der Waals surface area contributed by atoms with Crippen LogP contribution in [0.15, 0.2) is 5.10 Å². The standard InChI is InChI=1S/C8H13F2N3/c9-8(10)2-1-7(3-8)4-13-6-11-5-12-13/h5,7H,1-4,6H2,(H,11,12). The molecule has 1 unspecified atom stereocenters. The predicted molar refractivity (Wildman–Crippen MR) is 45.5 cm³/mol. The Morgan fingerprint density at radius 2 is 2.46 bits per heavy atom. The van der Waals surface area contributed by atoms with E-state index in [0.717, 1.165) is 0 Å². The molecule has 1 atom stereocenters. The molecule has 0 aromatic carbocycles. The van der Waals surface area contributed by atoms with E-state index in [1.807, 2.05) is 0 Å². The van der Waals surface area contributed by atoms with E-state index in [1.165, 1.54) is 0 Å². The Labute approximate surface area is 75.8 Å². The van der Waals surface area contributed by atoms with Crippen molar-refractivity contribution >= 4 is 6.34 Å². The Hall–Kier alpha value is -0.870. The fraction of sp³-hybridized carbons (Fsp3) is 0.875. The summed E-state index contributed by atoms with van der Waals surface area (Å²) in [4.78, 5) is 0. The van der Waals surface area contributed by atoms with Gasteiger partial charge in [-0.3, -0.25) is 5.01 Å². The van der Waals surface area contributed by atoms with Gasteiger partial charge >= 0.3 is 0 Å². The average molecular weight is 189 g/mol. The SMILES string of the molecule is FC1(F)CCC(CN2CNC=N2)C1. The molecule has 0 bridgehead atoms. The second kappa shape index (κ2) is 3.12. The summed E-state index contributed by atoms with van der Waals surface area (Å²) in [5.41, 5.74) is 0. The molecule has 1 saturated carbocycles. The molecule has 1 aliphatic carbocycles. The minimum Gasteiger partial charge on any atom is -0.356 e. The zero-order valence-corrected chi connectivity index (χ0v) is 7.34. The van der Waals surface area contributed by atoms with Gasteiger partial charge in [0.15, 0.2) is 0 Å². The topological polar surface area (TPSA) is 27.6 Å². The first-order valence-electron chi connectivity index (χ1n) is 4.54. The normalized spacial score (nSPS) is 30.9. The Balaban J connectivity index is 1.80. The van der Waals surface area contributed by atoms with Crippen molar-refractivity contribution in [1.29, 1.82) is 0 Å². The first-order chi connectivity index (χ1) is 6.16. The maximum Gasteiger partial charge on any atom is 0.248 e. The molecule has 1 aliphatic heterocycles. The van der Waals surface area contributed by atoms with Gasteiger partial charge in [-0.2, -0.15) is 5.10 Å². The van der Waals surface area contributed by atoms with Gasteiger partial charge in [0, 0.05) is 19.4 Å². The third-order valence-corrected chi connectivity index (χ3v) is 2.56. The van der Waals surface area contributed by atoms with Crippen molar-refractivity contribution in [2.45, 2.75) is 25.2 Å². The maximum absolute atomic E-state index is 12.8. The van der Waals surface area contributed by atoms with Crippen molar-refractivity contribution in [3.05, 3.63) is 0 Å². The van der Waals surface area contributed by atoms with Crippen LogP contribution in [0, 0.1) is 5.92 Å². The van der Waals surface area contributed by atoms with Crippen LogP contribution in [0.5, 0.6) is 0 Å². The van der Waals surface area contributed by atoms with Gasteiger partial charge in [-0.15, -0.1) is 0 Å². The molecular weight excluding hydrogens is 176 g/mol. The molecule has 0 saturated heterocycles.